The standard InChI is InChI=1S/C10H9BrClFO2/c1-10(15,4-5-14)6-2-3-7(11)8(12)9(6)13/h2-3,5,15H,4H2,1H3. The fourth-order valence-electron chi connectivity index (χ4n) is 1.21. The van der Waals surface area contributed by atoms with Gasteiger partial charge in [-0.2, -0.15) is 0 Å². The SMILES string of the molecule is CC(O)(CC=O)c1ccc(Br)c(Cl)c1F. The second-order valence-corrected chi connectivity index (χ2v) is 4.60. The van der Waals surface area contributed by atoms with Crippen molar-refractivity contribution in [1.82, 2.24) is 0 Å². The van der Waals surface area contributed by atoms with Gasteiger partial charge in [-0.05, 0) is 28.9 Å². The highest BCUT2D eigenvalue weighted by atomic mass is 79.9. The van der Waals surface area contributed by atoms with E-state index in [0.29, 0.717) is 10.8 Å². The van der Waals surface area contributed by atoms with Gasteiger partial charge in [0, 0.05) is 16.5 Å². The largest absolute Gasteiger partial charge is 0.385 e. The van der Waals surface area contributed by atoms with E-state index >= 15 is 0 Å². The molecule has 0 aliphatic rings. The zero-order chi connectivity index (χ0) is 11.6. The van der Waals surface area contributed by atoms with Gasteiger partial charge in [-0.1, -0.05) is 17.7 Å². The molecule has 15 heavy (non-hydrogen) atoms. The zero-order valence-corrected chi connectivity index (χ0v) is 10.3. The first-order valence-corrected chi connectivity index (χ1v) is 5.37. The van der Waals surface area contributed by atoms with Crippen LogP contribution >= 0.6 is 27.5 Å². The Morgan fingerprint density at radius 1 is 1.67 bits per heavy atom. The molecule has 0 aliphatic heterocycles. The summed E-state index contributed by atoms with van der Waals surface area (Å²) in [5.74, 6) is -0.710. The van der Waals surface area contributed by atoms with Crippen molar-refractivity contribution in [3.8, 4) is 0 Å². The average Bonchev–Trinajstić information content (AvgIpc) is 2.13. The summed E-state index contributed by atoms with van der Waals surface area (Å²) in [6, 6.07) is 2.93. The summed E-state index contributed by atoms with van der Waals surface area (Å²) in [5, 5.41) is 9.74. The second kappa shape index (κ2) is 4.60. The van der Waals surface area contributed by atoms with Gasteiger partial charge in [-0.3, -0.25) is 0 Å². The average molecular weight is 296 g/mol. The van der Waals surface area contributed by atoms with Crippen LogP contribution in [0.5, 0.6) is 0 Å². The number of aldehydes is 1. The normalized spacial score (nSPS) is 14.7. The number of hydrogen-bond donors (Lipinski definition) is 1. The van der Waals surface area contributed by atoms with Crippen LogP contribution in [-0.2, 0) is 10.4 Å². The molecule has 0 saturated carbocycles. The molecule has 82 valence electrons. The molecule has 1 aromatic rings. The highest BCUT2D eigenvalue weighted by Crippen LogP contribution is 2.33. The third-order valence-electron chi connectivity index (χ3n) is 2.10. The van der Waals surface area contributed by atoms with E-state index in [0.717, 1.165) is 0 Å². The quantitative estimate of drug-likeness (QED) is 0.687. The van der Waals surface area contributed by atoms with Crippen LogP contribution in [0.15, 0.2) is 16.6 Å². The fourth-order valence-corrected chi connectivity index (χ4v) is 1.69. The molecule has 0 aliphatic carbocycles. The zero-order valence-electron chi connectivity index (χ0n) is 7.93. The molecule has 1 rings (SSSR count). The van der Waals surface area contributed by atoms with Crippen LogP contribution in [0.2, 0.25) is 5.02 Å². The first kappa shape index (κ1) is 12.6. The maximum atomic E-state index is 13.6. The van der Waals surface area contributed by atoms with Gasteiger partial charge >= 0.3 is 0 Å². The maximum Gasteiger partial charge on any atom is 0.149 e. The van der Waals surface area contributed by atoms with E-state index in [1.54, 1.807) is 0 Å². The van der Waals surface area contributed by atoms with Gasteiger partial charge in [0.2, 0.25) is 0 Å². The lowest BCUT2D eigenvalue weighted by Gasteiger charge is -2.22. The second-order valence-electron chi connectivity index (χ2n) is 3.37. The summed E-state index contributed by atoms with van der Waals surface area (Å²) in [5.41, 5.74) is -1.52. The van der Waals surface area contributed by atoms with Crippen molar-refractivity contribution in [2.45, 2.75) is 18.9 Å². The van der Waals surface area contributed by atoms with Gasteiger partial charge in [-0.15, -0.1) is 0 Å². The minimum atomic E-state index is -1.53. The van der Waals surface area contributed by atoms with Crippen molar-refractivity contribution in [2.24, 2.45) is 0 Å². The lowest BCUT2D eigenvalue weighted by Crippen LogP contribution is -2.23. The lowest BCUT2D eigenvalue weighted by atomic mass is 9.93. The van der Waals surface area contributed by atoms with E-state index in [4.69, 9.17) is 11.6 Å². The van der Waals surface area contributed by atoms with E-state index in [1.165, 1.54) is 19.1 Å². The number of carbonyl (C=O) groups is 1. The first-order chi connectivity index (χ1) is 6.90. The Bertz CT molecular complexity index is 393. The molecule has 0 bridgehead atoms. The van der Waals surface area contributed by atoms with Gasteiger partial charge < -0.3 is 9.90 Å². The predicted octanol–water partition coefficient (Wildman–Crippen LogP) is 3.04. The van der Waals surface area contributed by atoms with E-state index in [2.05, 4.69) is 15.9 Å². The molecule has 0 radical (unpaired) electrons. The molecule has 2 nitrogen and oxygen atoms in total. The van der Waals surface area contributed by atoms with E-state index in [-0.39, 0.29) is 17.0 Å². The Kier molecular flexibility index (Phi) is 3.87. The lowest BCUT2D eigenvalue weighted by molar-refractivity contribution is -0.112. The summed E-state index contributed by atoms with van der Waals surface area (Å²) in [6.45, 7) is 1.37. The topological polar surface area (TPSA) is 37.3 Å². The van der Waals surface area contributed by atoms with Crippen LogP contribution in [0.25, 0.3) is 0 Å². The molecule has 1 unspecified atom stereocenters. The van der Waals surface area contributed by atoms with Crippen LogP contribution in [0, 0.1) is 5.82 Å². The van der Waals surface area contributed by atoms with Gasteiger partial charge in [-0.25, -0.2) is 4.39 Å². The Balaban J connectivity index is 3.26. The molecular formula is C10H9BrClFO2. The van der Waals surface area contributed by atoms with Crippen LogP contribution in [0.1, 0.15) is 18.9 Å². The maximum absolute atomic E-state index is 13.6. The number of carbonyl (C=O) groups excluding carboxylic acids is 1. The molecule has 0 aromatic heterocycles. The predicted molar refractivity (Wildman–Crippen MR) is 59.4 cm³/mol. The van der Waals surface area contributed by atoms with E-state index < -0.39 is 11.4 Å². The van der Waals surface area contributed by atoms with Gasteiger partial charge in [0.25, 0.3) is 0 Å². The number of hydrogen-bond acceptors (Lipinski definition) is 2. The van der Waals surface area contributed by atoms with Gasteiger partial charge in [0.05, 0.1) is 10.6 Å². The summed E-state index contributed by atoms with van der Waals surface area (Å²) in [4.78, 5) is 10.3. The molecule has 0 spiro atoms. The smallest absolute Gasteiger partial charge is 0.149 e. The molecule has 1 N–H and O–H groups in total. The Labute approximate surface area is 100 Å². The van der Waals surface area contributed by atoms with Crippen molar-refractivity contribution in [3.05, 3.63) is 33.0 Å². The van der Waals surface area contributed by atoms with Crippen molar-refractivity contribution >= 4 is 33.8 Å². The highest BCUT2D eigenvalue weighted by Gasteiger charge is 2.27. The van der Waals surface area contributed by atoms with Crippen LogP contribution in [0.4, 0.5) is 4.39 Å². The fraction of sp³-hybridized carbons (Fsp3) is 0.300. The molecule has 1 atom stereocenters. The molecule has 0 amide bonds. The number of halogens is 3. The molecule has 0 saturated heterocycles. The Morgan fingerprint density at radius 3 is 2.80 bits per heavy atom. The minimum absolute atomic E-state index is 0.0165. The number of rotatable bonds is 3. The van der Waals surface area contributed by atoms with Crippen molar-refractivity contribution in [1.29, 1.82) is 0 Å². The first-order valence-electron chi connectivity index (χ1n) is 4.20. The van der Waals surface area contributed by atoms with Crippen molar-refractivity contribution in [2.75, 3.05) is 0 Å². The third-order valence-corrected chi connectivity index (χ3v) is 3.35. The van der Waals surface area contributed by atoms with Crippen molar-refractivity contribution in [3.63, 3.8) is 0 Å². The van der Waals surface area contributed by atoms with E-state index in [1.807, 2.05) is 0 Å². The third kappa shape index (κ3) is 2.56. The summed E-state index contributed by atoms with van der Waals surface area (Å²) in [6.07, 6.45) is 0.358. The molecule has 0 fully saturated rings. The van der Waals surface area contributed by atoms with Crippen LogP contribution < -0.4 is 0 Å². The highest BCUT2D eigenvalue weighted by molar-refractivity contribution is 9.10. The number of benzene rings is 1. The number of aliphatic hydroxyl groups is 1. The molecule has 0 heterocycles. The van der Waals surface area contributed by atoms with Crippen molar-refractivity contribution < 1.29 is 14.3 Å². The van der Waals surface area contributed by atoms with Gasteiger partial charge in [0.1, 0.15) is 12.1 Å². The monoisotopic (exact) mass is 294 g/mol. The summed E-state index contributed by atoms with van der Waals surface area (Å²) < 4.78 is 14.1. The molecular weight excluding hydrogens is 286 g/mol. The molecule has 5 heteroatoms. The summed E-state index contributed by atoms with van der Waals surface area (Å²) in [7, 11) is 0. The Morgan fingerprint density at radius 2 is 2.27 bits per heavy atom. The Hall–Kier alpha value is -0.450. The van der Waals surface area contributed by atoms with Crippen LogP contribution in [0.3, 0.4) is 0 Å². The summed E-state index contributed by atoms with van der Waals surface area (Å²) >= 11 is 8.73. The molecule has 1 aromatic carbocycles. The minimum Gasteiger partial charge on any atom is -0.385 e. The van der Waals surface area contributed by atoms with Crippen LogP contribution in [-0.4, -0.2) is 11.4 Å². The van der Waals surface area contributed by atoms with E-state index in [9.17, 15) is 14.3 Å². The van der Waals surface area contributed by atoms with Gasteiger partial charge in [0.15, 0.2) is 0 Å².